The number of hydrogen-bond acceptors (Lipinski definition) is 6. The van der Waals surface area contributed by atoms with Gasteiger partial charge in [0.15, 0.2) is 6.29 Å². The lowest BCUT2D eigenvalue weighted by Gasteiger charge is -2.24. The fourth-order valence-electron chi connectivity index (χ4n) is 1.07. The Morgan fingerprint density at radius 1 is 1.25 bits per heavy atom. The molecule has 0 bridgehead atoms. The summed E-state index contributed by atoms with van der Waals surface area (Å²) in [5.74, 6) is -0.279. The normalized spacial score (nSPS) is 12.8. The quantitative estimate of drug-likeness (QED) is 0.363. The van der Waals surface area contributed by atoms with Crippen molar-refractivity contribution < 1.29 is 19.0 Å². The maximum absolute atomic E-state index is 10.8. The minimum Gasteiger partial charge on any atom is -0.464 e. The van der Waals surface area contributed by atoms with Gasteiger partial charge in [0.1, 0.15) is 11.9 Å². The Labute approximate surface area is 105 Å². The van der Waals surface area contributed by atoms with Crippen molar-refractivity contribution in [3.8, 4) is 0 Å². The van der Waals surface area contributed by atoms with Crippen LogP contribution in [0.4, 0.5) is 0 Å². The van der Waals surface area contributed by atoms with Gasteiger partial charge < -0.3 is 14.2 Å². The Morgan fingerprint density at radius 3 is 2.19 bits per heavy atom. The number of carbonyl (C=O) groups is 1. The van der Waals surface area contributed by atoms with Crippen molar-refractivity contribution in [1.82, 2.24) is 0 Å². The third-order valence-corrected chi connectivity index (χ3v) is 3.75. The van der Waals surface area contributed by atoms with E-state index in [-0.39, 0.29) is 17.5 Å². The van der Waals surface area contributed by atoms with Gasteiger partial charge in [0.05, 0.1) is 0 Å². The van der Waals surface area contributed by atoms with Crippen LogP contribution in [-0.4, -0.2) is 43.6 Å². The first-order chi connectivity index (χ1) is 7.65. The second-order valence-electron chi connectivity index (χ2n) is 2.88. The monoisotopic (exact) mass is 268 g/mol. The maximum Gasteiger partial charge on any atom is 0.302 e. The van der Waals surface area contributed by atoms with E-state index in [0.717, 1.165) is 0 Å². The summed E-state index contributed by atoms with van der Waals surface area (Å²) in [5.41, 5.74) is 0. The summed E-state index contributed by atoms with van der Waals surface area (Å²) in [7, 11) is 3.20. The third kappa shape index (κ3) is 7.38. The average Bonchev–Trinajstić information content (AvgIpc) is 2.24. The first-order valence-corrected chi connectivity index (χ1v) is 7.83. The van der Waals surface area contributed by atoms with Gasteiger partial charge >= 0.3 is 5.97 Å². The standard InChI is InChI=1S/C10H20O4S2/c1-5-12-10(13-6-2)9(16-15-4)7-14-8(3)11/h9-10H,5-7H2,1-4H3. The van der Waals surface area contributed by atoms with Gasteiger partial charge in [0.25, 0.3) is 0 Å². The van der Waals surface area contributed by atoms with Crippen molar-refractivity contribution in [3.05, 3.63) is 0 Å². The number of carbonyl (C=O) groups excluding carboxylic acids is 1. The maximum atomic E-state index is 10.8. The summed E-state index contributed by atoms with van der Waals surface area (Å²) in [6.45, 7) is 6.70. The van der Waals surface area contributed by atoms with Gasteiger partial charge in [0.2, 0.25) is 0 Å². The van der Waals surface area contributed by atoms with Gasteiger partial charge in [-0.1, -0.05) is 21.6 Å². The van der Waals surface area contributed by atoms with Crippen LogP contribution in [0.3, 0.4) is 0 Å². The molecule has 0 saturated heterocycles. The minimum atomic E-state index is -0.327. The highest BCUT2D eigenvalue weighted by Crippen LogP contribution is 2.28. The largest absolute Gasteiger partial charge is 0.464 e. The molecular formula is C10H20O4S2. The molecule has 0 saturated carbocycles. The summed E-state index contributed by atoms with van der Waals surface area (Å²) in [6.07, 6.45) is 1.65. The van der Waals surface area contributed by atoms with E-state index in [1.807, 2.05) is 20.1 Å². The van der Waals surface area contributed by atoms with Crippen LogP contribution in [0.2, 0.25) is 0 Å². The van der Waals surface area contributed by atoms with Crippen molar-refractivity contribution in [3.63, 3.8) is 0 Å². The van der Waals surface area contributed by atoms with Crippen LogP contribution < -0.4 is 0 Å². The highest BCUT2D eigenvalue weighted by atomic mass is 33.1. The zero-order valence-corrected chi connectivity index (χ0v) is 11.9. The van der Waals surface area contributed by atoms with Gasteiger partial charge in [-0.05, 0) is 20.1 Å². The number of ether oxygens (including phenoxy) is 3. The molecule has 1 atom stereocenters. The molecule has 4 nitrogen and oxygen atoms in total. The van der Waals surface area contributed by atoms with E-state index in [0.29, 0.717) is 19.8 Å². The summed E-state index contributed by atoms with van der Waals surface area (Å²) in [5, 5.41) is -0.00111. The van der Waals surface area contributed by atoms with Crippen LogP contribution in [0.15, 0.2) is 0 Å². The topological polar surface area (TPSA) is 44.8 Å². The molecule has 0 fully saturated rings. The summed E-state index contributed by atoms with van der Waals surface area (Å²) in [6, 6.07) is 0. The van der Waals surface area contributed by atoms with Crippen LogP contribution in [0, 0.1) is 0 Å². The molecule has 0 amide bonds. The molecule has 0 radical (unpaired) electrons. The van der Waals surface area contributed by atoms with Gasteiger partial charge in [-0.3, -0.25) is 4.79 Å². The Bertz CT molecular complexity index is 184. The van der Waals surface area contributed by atoms with Crippen molar-refractivity contribution in [1.29, 1.82) is 0 Å². The molecule has 0 aromatic carbocycles. The molecule has 0 aromatic rings. The van der Waals surface area contributed by atoms with Crippen molar-refractivity contribution in [2.75, 3.05) is 26.1 Å². The molecule has 0 aromatic heterocycles. The van der Waals surface area contributed by atoms with Gasteiger partial charge in [0, 0.05) is 20.1 Å². The molecule has 0 aliphatic carbocycles. The SMILES string of the molecule is CCOC(OCC)C(COC(C)=O)SSC. The van der Waals surface area contributed by atoms with Crippen LogP contribution in [0.25, 0.3) is 0 Å². The number of hydrogen-bond donors (Lipinski definition) is 0. The van der Waals surface area contributed by atoms with E-state index >= 15 is 0 Å². The molecule has 16 heavy (non-hydrogen) atoms. The van der Waals surface area contributed by atoms with E-state index in [9.17, 15) is 4.79 Å². The minimum absolute atomic E-state index is 0.00111. The summed E-state index contributed by atoms with van der Waals surface area (Å²) in [4.78, 5) is 10.8. The Balaban J connectivity index is 4.24. The molecular weight excluding hydrogens is 248 g/mol. The Kier molecular flexibility index (Phi) is 10.3. The molecule has 0 spiro atoms. The summed E-state index contributed by atoms with van der Waals surface area (Å²) >= 11 is 0. The van der Waals surface area contributed by atoms with E-state index in [1.54, 1.807) is 21.6 Å². The van der Waals surface area contributed by atoms with Crippen molar-refractivity contribution in [2.24, 2.45) is 0 Å². The molecule has 6 heteroatoms. The van der Waals surface area contributed by atoms with Gasteiger partial charge in [-0.15, -0.1) is 0 Å². The first kappa shape index (κ1) is 16.1. The second kappa shape index (κ2) is 10.3. The zero-order chi connectivity index (χ0) is 12.4. The lowest BCUT2D eigenvalue weighted by atomic mass is 10.4. The van der Waals surface area contributed by atoms with E-state index in [1.165, 1.54) is 6.92 Å². The Morgan fingerprint density at radius 2 is 1.81 bits per heavy atom. The number of rotatable bonds is 9. The molecule has 1 unspecified atom stereocenters. The van der Waals surface area contributed by atoms with E-state index in [4.69, 9.17) is 14.2 Å². The van der Waals surface area contributed by atoms with Crippen LogP contribution in [0.5, 0.6) is 0 Å². The zero-order valence-electron chi connectivity index (χ0n) is 10.2. The summed E-state index contributed by atoms with van der Waals surface area (Å²) < 4.78 is 16.0. The predicted molar refractivity (Wildman–Crippen MR) is 68.6 cm³/mol. The molecule has 0 heterocycles. The molecule has 0 aliphatic heterocycles. The van der Waals surface area contributed by atoms with Gasteiger partial charge in [-0.2, -0.15) is 0 Å². The smallest absolute Gasteiger partial charge is 0.302 e. The number of esters is 1. The van der Waals surface area contributed by atoms with Crippen LogP contribution >= 0.6 is 21.6 Å². The fraction of sp³-hybridized carbons (Fsp3) is 0.900. The van der Waals surface area contributed by atoms with Crippen LogP contribution in [0.1, 0.15) is 20.8 Å². The predicted octanol–water partition coefficient (Wildman–Crippen LogP) is 2.33. The first-order valence-electron chi connectivity index (χ1n) is 5.21. The average molecular weight is 268 g/mol. The highest BCUT2D eigenvalue weighted by molar-refractivity contribution is 8.76. The molecule has 0 rings (SSSR count). The molecule has 0 aliphatic rings. The highest BCUT2D eigenvalue weighted by Gasteiger charge is 2.24. The van der Waals surface area contributed by atoms with E-state index in [2.05, 4.69) is 0 Å². The van der Waals surface area contributed by atoms with Crippen LogP contribution in [-0.2, 0) is 19.0 Å². The van der Waals surface area contributed by atoms with Crippen molar-refractivity contribution in [2.45, 2.75) is 32.3 Å². The Hall–Kier alpha value is 0.0900. The molecule has 0 N–H and O–H groups in total. The molecule has 96 valence electrons. The lowest BCUT2D eigenvalue weighted by molar-refractivity contribution is -0.153. The lowest BCUT2D eigenvalue weighted by Crippen LogP contribution is -2.33. The van der Waals surface area contributed by atoms with Gasteiger partial charge in [-0.25, -0.2) is 0 Å². The third-order valence-electron chi connectivity index (χ3n) is 1.64. The second-order valence-corrected chi connectivity index (χ2v) is 5.59. The fourth-order valence-corrected chi connectivity index (χ4v) is 2.87. The van der Waals surface area contributed by atoms with Crippen molar-refractivity contribution >= 4 is 27.6 Å². The van der Waals surface area contributed by atoms with E-state index < -0.39 is 0 Å².